The van der Waals surface area contributed by atoms with Crippen molar-refractivity contribution in [3.05, 3.63) is 83.7 Å². The van der Waals surface area contributed by atoms with Gasteiger partial charge in [0.1, 0.15) is 11.3 Å². The quantitative estimate of drug-likeness (QED) is 0.432. The van der Waals surface area contributed by atoms with E-state index in [2.05, 4.69) is 15.4 Å². The molecule has 1 aromatic carbocycles. The van der Waals surface area contributed by atoms with Crippen molar-refractivity contribution in [3.8, 4) is 0 Å². The highest BCUT2D eigenvalue weighted by Crippen LogP contribution is 2.20. The third-order valence-electron chi connectivity index (χ3n) is 4.99. The molecule has 0 radical (unpaired) electrons. The summed E-state index contributed by atoms with van der Waals surface area (Å²) in [6, 6.07) is 11.8. The molecule has 4 aromatic rings. The van der Waals surface area contributed by atoms with Gasteiger partial charge in [-0.2, -0.15) is 5.10 Å². The molecule has 1 N–H and O–H groups in total. The average Bonchev–Trinajstić information content (AvgIpc) is 3.47. The minimum Gasteiger partial charge on any atom is -0.467 e. The summed E-state index contributed by atoms with van der Waals surface area (Å²) in [6.07, 6.45) is 4.73. The number of fused-ring (bicyclic) bond motifs is 1. The molecule has 33 heavy (non-hydrogen) atoms. The largest absolute Gasteiger partial charge is 0.467 e. The number of hydrogen-bond donors (Lipinski definition) is 1. The predicted octanol–water partition coefficient (Wildman–Crippen LogP) is 2.38. The lowest BCUT2D eigenvalue weighted by atomic mass is 10.1. The van der Waals surface area contributed by atoms with Crippen LogP contribution in [0.15, 0.2) is 65.5 Å². The lowest BCUT2D eigenvalue weighted by Gasteiger charge is -2.20. The van der Waals surface area contributed by atoms with E-state index in [0.29, 0.717) is 28.4 Å². The van der Waals surface area contributed by atoms with E-state index in [0.717, 1.165) is 0 Å². The Bertz CT molecular complexity index is 1310. The van der Waals surface area contributed by atoms with Crippen molar-refractivity contribution in [2.24, 2.45) is 0 Å². The molecule has 168 valence electrons. The van der Waals surface area contributed by atoms with Crippen molar-refractivity contribution in [1.29, 1.82) is 0 Å². The minimum atomic E-state index is -0.701. The zero-order valence-corrected chi connectivity index (χ0v) is 18.0. The first-order valence-corrected chi connectivity index (χ1v) is 10.1. The molecule has 10 nitrogen and oxygen atoms in total. The van der Waals surface area contributed by atoms with Gasteiger partial charge in [0.15, 0.2) is 12.3 Å². The summed E-state index contributed by atoms with van der Waals surface area (Å²) in [4.78, 5) is 43.5. The maximum absolute atomic E-state index is 12.8. The van der Waals surface area contributed by atoms with Crippen molar-refractivity contribution in [2.45, 2.75) is 13.5 Å². The van der Waals surface area contributed by atoms with Crippen molar-refractivity contribution < 1.29 is 23.5 Å². The van der Waals surface area contributed by atoms with E-state index in [1.165, 1.54) is 22.7 Å². The molecule has 0 atom stereocenters. The number of hydrogen-bond acceptors (Lipinski definition) is 7. The first-order valence-electron chi connectivity index (χ1n) is 10.1. The highest BCUT2D eigenvalue weighted by atomic mass is 16.5. The minimum absolute atomic E-state index is 0.198. The molecule has 10 heteroatoms. The second-order valence-electron chi connectivity index (χ2n) is 7.16. The summed E-state index contributed by atoms with van der Waals surface area (Å²) in [5.74, 6) is -0.967. The summed E-state index contributed by atoms with van der Waals surface area (Å²) in [6.45, 7) is 1.36. The maximum Gasteiger partial charge on any atom is 0.344 e. The fraction of sp³-hybridized carbons (Fsp3) is 0.174. The molecule has 0 spiro atoms. The zero-order valence-electron chi connectivity index (χ0n) is 18.0. The summed E-state index contributed by atoms with van der Waals surface area (Å²) in [5, 5.41) is 6.97. The number of esters is 1. The molecule has 0 aliphatic carbocycles. The lowest BCUT2D eigenvalue weighted by Crippen LogP contribution is -2.33. The number of aryl methyl sites for hydroxylation is 1. The fourth-order valence-corrected chi connectivity index (χ4v) is 3.30. The second-order valence-corrected chi connectivity index (χ2v) is 7.16. The third-order valence-corrected chi connectivity index (χ3v) is 4.99. The Balaban J connectivity index is 1.43. The number of carbonyl (C=O) groups excluding carboxylic acids is 3. The Morgan fingerprint density at radius 2 is 1.97 bits per heavy atom. The molecule has 0 unspecified atom stereocenters. The Kier molecular flexibility index (Phi) is 6.16. The van der Waals surface area contributed by atoms with Crippen LogP contribution in [0.25, 0.3) is 5.65 Å². The van der Waals surface area contributed by atoms with E-state index in [4.69, 9.17) is 9.15 Å². The van der Waals surface area contributed by atoms with Crippen LogP contribution in [0, 0.1) is 6.92 Å². The smallest absolute Gasteiger partial charge is 0.344 e. The number of ether oxygens (including phenoxy) is 1. The average molecular weight is 447 g/mol. The molecule has 3 aromatic heterocycles. The molecular formula is C23H21N5O5. The molecular weight excluding hydrogens is 426 g/mol. The van der Waals surface area contributed by atoms with Gasteiger partial charge in [0, 0.05) is 19.4 Å². The van der Waals surface area contributed by atoms with Crippen LogP contribution in [0.2, 0.25) is 0 Å². The second kappa shape index (κ2) is 9.35. The molecule has 0 bridgehead atoms. The number of rotatable bonds is 7. The first kappa shape index (κ1) is 21.8. The Morgan fingerprint density at radius 1 is 1.15 bits per heavy atom. The lowest BCUT2D eigenvalue weighted by molar-refractivity contribution is -0.121. The van der Waals surface area contributed by atoms with Gasteiger partial charge in [-0.05, 0) is 37.3 Å². The Labute approximate surface area is 188 Å². The molecule has 0 saturated carbocycles. The number of aromatic nitrogens is 3. The highest BCUT2D eigenvalue weighted by molar-refractivity contribution is 6.05. The van der Waals surface area contributed by atoms with Gasteiger partial charge >= 0.3 is 5.97 Å². The van der Waals surface area contributed by atoms with Gasteiger partial charge < -0.3 is 19.4 Å². The van der Waals surface area contributed by atoms with E-state index in [1.54, 1.807) is 61.8 Å². The Morgan fingerprint density at radius 3 is 2.76 bits per heavy atom. The van der Waals surface area contributed by atoms with Crippen molar-refractivity contribution in [2.75, 3.05) is 18.6 Å². The van der Waals surface area contributed by atoms with Crippen molar-refractivity contribution in [3.63, 3.8) is 0 Å². The monoisotopic (exact) mass is 447 g/mol. The van der Waals surface area contributed by atoms with Gasteiger partial charge in [0.05, 0.1) is 29.8 Å². The van der Waals surface area contributed by atoms with Crippen LogP contribution in [0.3, 0.4) is 0 Å². The van der Waals surface area contributed by atoms with E-state index in [-0.39, 0.29) is 18.0 Å². The Hall–Kier alpha value is -4.47. The number of benzene rings is 1. The number of carbonyl (C=O) groups is 3. The van der Waals surface area contributed by atoms with Crippen LogP contribution < -0.4 is 10.2 Å². The molecule has 0 aliphatic heterocycles. The van der Waals surface area contributed by atoms with E-state index in [9.17, 15) is 14.4 Å². The van der Waals surface area contributed by atoms with Crippen LogP contribution in [-0.4, -0.2) is 46.0 Å². The predicted molar refractivity (Wildman–Crippen MR) is 118 cm³/mol. The number of anilines is 1. The summed E-state index contributed by atoms with van der Waals surface area (Å²) < 4.78 is 11.9. The summed E-state index contributed by atoms with van der Waals surface area (Å²) >= 11 is 0. The SMILES string of the molecule is Cc1nn2cccnc2c1C(=O)OCC(=O)N(C)c1ccccc1C(=O)NCc1ccco1. The highest BCUT2D eigenvalue weighted by Gasteiger charge is 2.23. The normalized spacial score (nSPS) is 10.7. The van der Waals surface area contributed by atoms with Gasteiger partial charge in [-0.15, -0.1) is 0 Å². The number of nitrogens with one attached hydrogen (secondary N) is 1. The van der Waals surface area contributed by atoms with Crippen molar-refractivity contribution in [1.82, 2.24) is 19.9 Å². The summed E-state index contributed by atoms with van der Waals surface area (Å²) in [5.41, 5.74) is 1.67. The maximum atomic E-state index is 12.8. The number of nitrogens with zero attached hydrogens (tertiary/aromatic N) is 4. The third kappa shape index (κ3) is 4.59. The molecule has 0 aliphatic rings. The first-order chi connectivity index (χ1) is 16.0. The number of likely N-dealkylation sites (N-methyl/N-ethyl adjacent to an activating group) is 1. The molecule has 0 fully saturated rings. The topological polar surface area (TPSA) is 119 Å². The van der Waals surface area contributed by atoms with E-state index >= 15 is 0 Å². The summed E-state index contributed by atoms with van der Waals surface area (Å²) in [7, 11) is 1.51. The fourth-order valence-electron chi connectivity index (χ4n) is 3.30. The molecule has 0 saturated heterocycles. The van der Waals surface area contributed by atoms with Crippen LogP contribution in [0.1, 0.15) is 32.2 Å². The van der Waals surface area contributed by atoms with Gasteiger partial charge in [-0.25, -0.2) is 14.3 Å². The van der Waals surface area contributed by atoms with Crippen LogP contribution in [-0.2, 0) is 16.1 Å². The number of para-hydroxylation sites is 1. The standard InChI is InChI=1S/C23H21N5O5/c1-15-20(21-24-10-6-11-28(21)26-15)23(31)33-14-19(29)27(2)18-9-4-3-8-17(18)22(30)25-13-16-7-5-12-32-16/h3-12H,13-14H2,1-2H3,(H,25,30). The molecule has 2 amide bonds. The van der Waals surface area contributed by atoms with Gasteiger partial charge in [0.25, 0.3) is 11.8 Å². The van der Waals surface area contributed by atoms with Crippen molar-refractivity contribution >= 4 is 29.1 Å². The van der Waals surface area contributed by atoms with Crippen LogP contribution in [0.5, 0.6) is 0 Å². The molecule has 3 heterocycles. The zero-order chi connectivity index (χ0) is 23.4. The van der Waals surface area contributed by atoms with Gasteiger partial charge in [-0.3, -0.25) is 9.59 Å². The number of furan rings is 1. The van der Waals surface area contributed by atoms with Crippen LogP contribution >= 0.6 is 0 Å². The van der Waals surface area contributed by atoms with E-state index < -0.39 is 18.5 Å². The molecule has 4 rings (SSSR count). The van der Waals surface area contributed by atoms with Gasteiger partial charge in [0.2, 0.25) is 0 Å². The van der Waals surface area contributed by atoms with Crippen LogP contribution in [0.4, 0.5) is 5.69 Å². The van der Waals surface area contributed by atoms with E-state index in [1.807, 2.05) is 0 Å². The number of amides is 2. The van der Waals surface area contributed by atoms with Gasteiger partial charge in [-0.1, -0.05) is 12.1 Å².